The molecule has 1 unspecified atom stereocenters. The summed E-state index contributed by atoms with van der Waals surface area (Å²) in [6.45, 7) is 0. The second-order valence-corrected chi connectivity index (χ2v) is 6.76. The van der Waals surface area contributed by atoms with E-state index < -0.39 is 0 Å². The quantitative estimate of drug-likeness (QED) is 0.342. The molecular formula is CH3NS5. The first kappa shape index (κ1) is 6.82. The van der Waals surface area contributed by atoms with Crippen LogP contribution in [0, 0.1) is 0 Å². The Labute approximate surface area is 66.0 Å². The molecule has 42 valence electrons. The summed E-state index contributed by atoms with van der Waals surface area (Å²) in [6, 6.07) is 0. The maximum Gasteiger partial charge on any atom is 0.121 e. The van der Waals surface area contributed by atoms with Gasteiger partial charge in [-0.15, -0.1) is 3.12 Å². The lowest BCUT2D eigenvalue weighted by Gasteiger charge is -1.95. The molecular weight excluding hydrogens is 186 g/mol. The minimum atomic E-state index is 0.363. The van der Waals surface area contributed by atoms with E-state index in [9.17, 15) is 0 Å². The topological polar surface area (TPSA) is 3.24 Å². The molecule has 0 saturated carbocycles. The molecule has 1 atom stereocenters. The van der Waals surface area contributed by atoms with Gasteiger partial charge in [0.25, 0.3) is 0 Å². The van der Waals surface area contributed by atoms with Crippen molar-refractivity contribution in [2.24, 2.45) is 0 Å². The van der Waals surface area contributed by atoms with Crippen molar-refractivity contribution in [3.63, 3.8) is 0 Å². The van der Waals surface area contributed by atoms with Gasteiger partial charge in [-0.25, -0.2) is 0 Å². The molecule has 0 aliphatic carbocycles. The highest BCUT2D eigenvalue weighted by Crippen LogP contribution is 2.51. The van der Waals surface area contributed by atoms with Crippen LogP contribution in [0.5, 0.6) is 0 Å². The van der Waals surface area contributed by atoms with E-state index in [2.05, 4.69) is 25.4 Å². The first-order valence-corrected chi connectivity index (χ1v) is 5.38. The summed E-state index contributed by atoms with van der Waals surface area (Å²) in [4.78, 5) is 0. The normalized spacial score (nSPS) is 34.3. The summed E-state index contributed by atoms with van der Waals surface area (Å²) in [6.07, 6.45) is 0. The van der Waals surface area contributed by atoms with Crippen LogP contribution in [-0.4, -0.2) is 7.03 Å². The molecule has 1 rings (SSSR count). The van der Waals surface area contributed by atoms with Crippen LogP contribution in [-0.2, 0) is 0 Å². The Morgan fingerprint density at radius 2 is 2.29 bits per heavy atom. The van der Waals surface area contributed by atoms with Crippen LogP contribution in [0.15, 0.2) is 0 Å². The van der Waals surface area contributed by atoms with E-state index >= 15 is 0 Å². The highest BCUT2D eigenvalue weighted by Gasteiger charge is 2.18. The van der Waals surface area contributed by atoms with Gasteiger partial charge in [0.05, 0.1) is 0 Å². The van der Waals surface area contributed by atoms with Gasteiger partial charge in [-0.1, -0.05) is 12.8 Å². The van der Waals surface area contributed by atoms with Crippen molar-refractivity contribution < 1.29 is 0 Å². The monoisotopic (exact) mass is 189 g/mol. The van der Waals surface area contributed by atoms with Crippen LogP contribution >= 0.6 is 59.2 Å². The average molecular weight is 189 g/mol. The van der Waals surface area contributed by atoms with Crippen molar-refractivity contribution in [1.29, 1.82) is 0 Å². The van der Waals surface area contributed by atoms with Crippen molar-refractivity contribution >= 4 is 59.2 Å². The predicted molar refractivity (Wildman–Crippen MR) is 46.4 cm³/mol. The van der Waals surface area contributed by atoms with E-state index in [4.69, 9.17) is 0 Å². The molecule has 0 aromatic rings. The second-order valence-electron chi connectivity index (χ2n) is 0.821. The fourth-order valence-corrected chi connectivity index (χ4v) is 5.02. The van der Waals surface area contributed by atoms with E-state index in [0.717, 1.165) is 0 Å². The Morgan fingerprint density at radius 1 is 1.57 bits per heavy atom. The van der Waals surface area contributed by atoms with E-state index in [-0.39, 0.29) is 0 Å². The molecule has 0 radical (unpaired) electrons. The zero-order valence-electron chi connectivity index (χ0n) is 3.14. The maximum absolute atomic E-state index is 4.17. The lowest BCUT2D eigenvalue weighted by Crippen LogP contribution is -1.79. The Morgan fingerprint density at radius 3 is 2.43 bits per heavy atom. The van der Waals surface area contributed by atoms with Gasteiger partial charge in [0.1, 0.15) is 3.91 Å². The smallest absolute Gasteiger partial charge is 0.121 e. The van der Waals surface area contributed by atoms with Crippen LogP contribution in [0.25, 0.3) is 0 Å². The maximum atomic E-state index is 4.17. The lowest BCUT2D eigenvalue weighted by atomic mass is 11.9. The SMILES string of the molecule is SC1SSN(S)S1. The number of rotatable bonds is 0. The molecule has 0 amide bonds. The van der Waals surface area contributed by atoms with Gasteiger partial charge >= 0.3 is 0 Å². The molecule has 1 aliphatic rings. The predicted octanol–water partition coefficient (Wildman–Crippen LogP) is 2.30. The molecule has 0 bridgehead atoms. The van der Waals surface area contributed by atoms with E-state index in [1.165, 1.54) is 0 Å². The Kier molecular flexibility index (Phi) is 2.95. The summed E-state index contributed by atoms with van der Waals surface area (Å²) in [5, 5.41) is 0. The summed E-state index contributed by atoms with van der Waals surface area (Å²) in [7, 11) is 3.30. The Balaban J connectivity index is 2.26. The first-order valence-electron chi connectivity index (χ1n) is 1.46. The molecule has 1 heterocycles. The van der Waals surface area contributed by atoms with E-state index in [1.54, 1.807) is 36.8 Å². The van der Waals surface area contributed by atoms with Gasteiger partial charge in [-0.05, 0) is 22.7 Å². The molecule has 0 spiro atoms. The Bertz CT molecular complexity index is 57.1. The third kappa shape index (κ3) is 2.19. The van der Waals surface area contributed by atoms with Gasteiger partial charge in [0.15, 0.2) is 0 Å². The first-order chi connectivity index (χ1) is 3.29. The summed E-state index contributed by atoms with van der Waals surface area (Å²) in [5.74, 6) is 0. The largest absolute Gasteiger partial charge is 0.152 e. The van der Waals surface area contributed by atoms with Gasteiger partial charge < -0.3 is 0 Å². The lowest BCUT2D eigenvalue weighted by molar-refractivity contribution is 1.34. The van der Waals surface area contributed by atoms with Crippen molar-refractivity contribution in [3.05, 3.63) is 0 Å². The number of hydrogen-bond acceptors (Lipinski definition) is 6. The van der Waals surface area contributed by atoms with Crippen LogP contribution in [0.2, 0.25) is 0 Å². The van der Waals surface area contributed by atoms with Crippen LogP contribution in [0.3, 0.4) is 0 Å². The zero-order chi connectivity index (χ0) is 5.28. The number of nitrogens with zero attached hydrogens (tertiary/aromatic N) is 1. The highest BCUT2D eigenvalue weighted by atomic mass is 33.1. The average Bonchev–Trinajstić information content (AvgIpc) is 1.87. The fourth-order valence-electron chi connectivity index (χ4n) is 0.186. The van der Waals surface area contributed by atoms with Gasteiger partial charge in [-0.3, -0.25) is 0 Å². The fraction of sp³-hybridized carbons (Fsp3) is 1.00. The molecule has 0 aromatic heterocycles. The van der Waals surface area contributed by atoms with Gasteiger partial charge in [0, 0.05) is 11.0 Å². The van der Waals surface area contributed by atoms with Gasteiger partial charge in [-0.2, -0.15) is 12.6 Å². The Hall–Kier alpha value is 1.71. The summed E-state index contributed by atoms with van der Waals surface area (Å²) >= 11 is 9.82. The summed E-state index contributed by atoms with van der Waals surface area (Å²) in [5.41, 5.74) is 0. The molecule has 7 heavy (non-hydrogen) atoms. The van der Waals surface area contributed by atoms with Crippen molar-refractivity contribution in [1.82, 2.24) is 3.12 Å². The van der Waals surface area contributed by atoms with E-state index in [1.807, 2.05) is 0 Å². The molecule has 0 N–H and O–H groups in total. The van der Waals surface area contributed by atoms with Crippen LogP contribution in [0.4, 0.5) is 0 Å². The molecule has 1 nitrogen and oxygen atoms in total. The van der Waals surface area contributed by atoms with E-state index in [0.29, 0.717) is 3.91 Å². The third-order valence-electron chi connectivity index (χ3n) is 0.369. The molecule has 1 aliphatic heterocycles. The molecule has 1 fully saturated rings. The molecule has 6 heteroatoms. The zero-order valence-corrected chi connectivity index (χ0v) is 7.38. The molecule has 0 aromatic carbocycles. The van der Waals surface area contributed by atoms with Crippen molar-refractivity contribution in [2.75, 3.05) is 0 Å². The van der Waals surface area contributed by atoms with Crippen LogP contribution in [0.1, 0.15) is 0 Å². The van der Waals surface area contributed by atoms with Gasteiger partial charge in [0.2, 0.25) is 0 Å². The number of thiol groups is 2. The van der Waals surface area contributed by atoms with Crippen molar-refractivity contribution in [2.45, 2.75) is 3.91 Å². The third-order valence-corrected chi connectivity index (χ3v) is 5.95. The molecule has 1 saturated heterocycles. The minimum absolute atomic E-state index is 0.363. The van der Waals surface area contributed by atoms with Crippen LogP contribution < -0.4 is 0 Å². The van der Waals surface area contributed by atoms with Crippen molar-refractivity contribution in [3.8, 4) is 0 Å². The minimum Gasteiger partial charge on any atom is -0.152 e. The standard InChI is InChI=1S/CH3NS5/c3-1-5-2(4)7-6-1/h1,3-4H. The number of hydrogen-bond donors (Lipinski definition) is 2. The summed E-state index contributed by atoms with van der Waals surface area (Å²) < 4.78 is 2.16. The highest BCUT2D eigenvalue weighted by molar-refractivity contribution is 8.84. The second kappa shape index (κ2) is 3.03.